The number of amides is 1. The summed E-state index contributed by atoms with van der Waals surface area (Å²) in [6.45, 7) is 7.17. The number of nitrogens with one attached hydrogen (secondary N) is 2. The monoisotopic (exact) mass is 280 g/mol. The number of carbonyl (C=O) groups is 1. The van der Waals surface area contributed by atoms with Crippen molar-refractivity contribution >= 4 is 5.91 Å². The van der Waals surface area contributed by atoms with Gasteiger partial charge >= 0.3 is 0 Å². The highest BCUT2D eigenvalue weighted by molar-refractivity contribution is 5.98. The fraction of sp³-hybridized carbons (Fsp3) is 0.167. The van der Waals surface area contributed by atoms with Crippen LogP contribution < -0.4 is 10.6 Å². The Morgan fingerprint density at radius 2 is 2.24 bits per heavy atom. The van der Waals surface area contributed by atoms with Crippen LogP contribution in [0.4, 0.5) is 0 Å². The van der Waals surface area contributed by atoms with Crippen LogP contribution in [0.3, 0.4) is 0 Å². The molecule has 0 bridgehead atoms. The van der Waals surface area contributed by atoms with Crippen molar-refractivity contribution in [3.63, 3.8) is 0 Å². The number of hydrogen-bond donors (Lipinski definition) is 2. The Hall–Kier alpha value is -2.55. The number of carbonyl (C=O) groups excluding carboxylic acids is 1. The minimum absolute atomic E-state index is 0.124. The number of benzene rings is 1. The molecule has 2 rings (SSSR count). The third-order valence-corrected chi connectivity index (χ3v) is 3.15. The molecule has 1 aromatic rings. The quantitative estimate of drug-likeness (QED) is 0.894. The van der Waals surface area contributed by atoms with E-state index in [1.165, 1.54) is 5.56 Å². The average Bonchev–Trinajstić information content (AvgIpc) is 2.57. The normalized spacial score (nSPS) is 17.6. The third-order valence-electron chi connectivity index (χ3n) is 3.15. The Morgan fingerprint density at radius 3 is 3.05 bits per heavy atom. The average molecular weight is 280 g/mol. The van der Waals surface area contributed by atoms with Crippen molar-refractivity contribution in [2.24, 2.45) is 0 Å². The lowest BCUT2D eigenvalue weighted by Gasteiger charge is -2.10. The molecule has 0 unspecified atom stereocenters. The van der Waals surface area contributed by atoms with Crippen LogP contribution in [0.15, 0.2) is 72.5 Å². The fourth-order valence-corrected chi connectivity index (χ4v) is 2.04. The molecular formula is C18H20N2O. The van der Waals surface area contributed by atoms with Crippen LogP contribution >= 0.6 is 0 Å². The zero-order valence-corrected chi connectivity index (χ0v) is 12.2. The zero-order chi connectivity index (χ0) is 15.1. The lowest BCUT2D eigenvalue weighted by atomic mass is 10.1. The first-order valence-corrected chi connectivity index (χ1v) is 6.96. The van der Waals surface area contributed by atoms with Gasteiger partial charge in [0, 0.05) is 19.3 Å². The van der Waals surface area contributed by atoms with Crippen LogP contribution in [-0.2, 0) is 11.3 Å². The molecule has 3 nitrogen and oxygen atoms in total. The first-order valence-electron chi connectivity index (χ1n) is 6.96. The van der Waals surface area contributed by atoms with Gasteiger partial charge in [-0.25, -0.2) is 0 Å². The van der Waals surface area contributed by atoms with Gasteiger partial charge < -0.3 is 10.6 Å². The Morgan fingerprint density at radius 1 is 1.38 bits per heavy atom. The minimum Gasteiger partial charge on any atom is -0.387 e. The summed E-state index contributed by atoms with van der Waals surface area (Å²) in [7, 11) is 0. The lowest BCUT2D eigenvalue weighted by molar-refractivity contribution is -0.117. The van der Waals surface area contributed by atoms with Crippen LogP contribution in [-0.4, -0.2) is 12.5 Å². The highest BCUT2D eigenvalue weighted by Gasteiger charge is 2.11. The number of rotatable bonds is 3. The van der Waals surface area contributed by atoms with Gasteiger partial charge in [0.2, 0.25) is 0 Å². The standard InChI is InChI=1S/C18H20N2O/c1-14-7-6-9-16(11-14)12-20-18(21)17-13-19-10-5-3-4-8-15(17)2/h3-9,11,13,19H,2,10,12H2,1H3,(H,20,21)/b5-3-,8-4-,17-13?. The molecule has 1 aromatic carbocycles. The summed E-state index contributed by atoms with van der Waals surface area (Å²) in [5, 5.41) is 6.02. The molecule has 3 heteroatoms. The SMILES string of the molecule is C=C1/C=C\C=C/CNC=C1C(=O)NCc1cccc(C)c1. The maximum atomic E-state index is 12.3. The van der Waals surface area contributed by atoms with Crippen molar-refractivity contribution in [2.75, 3.05) is 6.54 Å². The molecule has 0 saturated heterocycles. The molecule has 0 fully saturated rings. The molecule has 0 saturated carbocycles. The summed E-state index contributed by atoms with van der Waals surface area (Å²) in [6, 6.07) is 8.09. The van der Waals surface area contributed by atoms with Crippen LogP contribution in [0, 0.1) is 6.92 Å². The molecular weight excluding hydrogens is 260 g/mol. The van der Waals surface area contributed by atoms with Crippen LogP contribution in [0.5, 0.6) is 0 Å². The number of aryl methyl sites for hydroxylation is 1. The van der Waals surface area contributed by atoms with Crippen molar-refractivity contribution < 1.29 is 4.79 Å². The Kier molecular flexibility index (Phi) is 5.16. The summed E-state index contributed by atoms with van der Waals surface area (Å²) in [6.07, 6.45) is 9.35. The molecule has 0 radical (unpaired) electrons. The van der Waals surface area contributed by atoms with E-state index in [-0.39, 0.29) is 5.91 Å². The van der Waals surface area contributed by atoms with E-state index in [4.69, 9.17) is 0 Å². The molecule has 21 heavy (non-hydrogen) atoms. The van der Waals surface area contributed by atoms with Gasteiger partial charge in [0.25, 0.3) is 5.91 Å². The minimum atomic E-state index is -0.124. The molecule has 0 aliphatic carbocycles. The van der Waals surface area contributed by atoms with E-state index in [9.17, 15) is 4.79 Å². The molecule has 1 aliphatic heterocycles. The van der Waals surface area contributed by atoms with E-state index in [1.807, 2.05) is 49.4 Å². The first kappa shape index (κ1) is 14.9. The van der Waals surface area contributed by atoms with Crippen molar-refractivity contribution in [1.29, 1.82) is 0 Å². The third kappa shape index (κ3) is 4.49. The van der Waals surface area contributed by atoms with Gasteiger partial charge in [0.15, 0.2) is 0 Å². The summed E-state index contributed by atoms with van der Waals surface area (Å²) >= 11 is 0. The second-order valence-corrected chi connectivity index (χ2v) is 4.95. The van der Waals surface area contributed by atoms with Gasteiger partial charge in [0.05, 0.1) is 5.57 Å². The number of hydrogen-bond acceptors (Lipinski definition) is 2. The second kappa shape index (κ2) is 7.29. The summed E-state index contributed by atoms with van der Waals surface area (Å²) in [5.41, 5.74) is 3.52. The molecule has 0 spiro atoms. The van der Waals surface area contributed by atoms with Crippen LogP contribution in [0.2, 0.25) is 0 Å². The summed E-state index contributed by atoms with van der Waals surface area (Å²) < 4.78 is 0. The van der Waals surface area contributed by atoms with Crippen LogP contribution in [0.25, 0.3) is 0 Å². The van der Waals surface area contributed by atoms with Crippen molar-refractivity contribution in [2.45, 2.75) is 13.5 Å². The lowest BCUT2D eigenvalue weighted by Crippen LogP contribution is -2.26. The maximum Gasteiger partial charge on any atom is 0.253 e. The molecule has 1 aliphatic rings. The molecule has 1 amide bonds. The fourth-order valence-electron chi connectivity index (χ4n) is 2.04. The smallest absolute Gasteiger partial charge is 0.253 e. The van der Waals surface area contributed by atoms with Crippen molar-refractivity contribution in [3.8, 4) is 0 Å². The van der Waals surface area contributed by atoms with Gasteiger partial charge in [0.1, 0.15) is 0 Å². The van der Waals surface area contributed by atoms with Gasteiger partial charge in [-0.15, -0.1) is 0 Å². The Labute approximate surface area is 125 Å². The molecule has 108 valence electrons. The van der Waals surface area contributed by atoms with Crippen LogP contribution in [0.1, 0.15) is 11.1 Å². The Bertz CT molecular complexity index is 624. The summed E-state index contributed by atoms with van der Waals surface area (Å²) in [4.78, 5) is 12.3. The summed E-state index contributed by atoms with van der Waals surface area (Å²) in [5.74, 6) is -0.124. The molecule has 0 aromatic heterocycles. The van der Waals surface area contributed by atoms with E-state index in [0.717, 1.165) is 5.56 Å². The van der Waals surface area contributed by atoms with Crippen molar-refractivity contribution in [3.05, 3.63) is 83.6 Å². The van der Waals surface area contributed by atoms with E-state index >= 15 is 0 Å². The topological polar surface area (TPSA) is 41.1 Å². The van der Waals surface area contributed by atoms with Crippen molar-refractivity contribution in [1.82, 2.24) is 10.6 Å². The van der Waals surface area contributed by atoms with Gasteiger partial charge in [-0.05, 0) is 18.1 Å². The molecule has 1 heterocycles. The predicted molar refractivity (Wildman–Crippen MR) is 86.5 cm³/mol. The maximum absolute atomic E-state index is 12.3. The van der Waals surface area contributed by atoms with E-state index in [0.29, 0.717) is 24.2 Å². The highest BCUT2D eigenvalue weighted by Crippen LogP contribution is 2.11. The predicted octanol–water partition coefficient (Wildman–Crippen LogP) is 2.77. The molecule has 2 N–H and O–H groups in total. The number of allylic oxidation sites excluding steroid dienone is 3. The second-order valence-electron chi connectivity index (χ2n) is 4.95. The Balaban J connectivity index is 2.03. The van der Waals surface area contributed by atoms with E-state index in [1.54, 1.807) is 6.20 Å². The van der Waals surface area contributed by atoms with E-state index < -0.39 is 0 Å². The van der Waals surface area contributed by atoms with Gasteiger partial charge in [-0.2, -0.15) is 0 Å². The van der Waals surface area contributed by atoms with E-state index in [2.05, 4.69) is 23.3 Å². The molecule has 0 atom stereocenters. The first-order chi connectivity index (χ1) is 10.2. The highest BCUT2D eigenvalue weighted by atomic mass is 16.1. The van der Waals surface area contributed by atoms with Gasteiger partial charge in [-0.1, -0.05) is 60.7 Å². The van der Waals surface area contributed by atoms with Gasteiger partial charge in [-0.3, -0.25) is 4.79 Å². The zero-order valence-electron chi connectivity index (χ0n) is 12.2. The largest absolute Gasteiger partial charge is 0.387 e.